The number of hydrogen-bond donors (Lipinski definition) is 1. The van der Waals surface area contributed by atoms with E-state index in [1.165, 1.54) is 49.5 Å². The molecule has 0 bridgehead atoms. The second-order valence-electron chi connectivity index (χ2n) is 8.81. The molecule has 3 aliphatic rings. The first-order valence-corrected chi connectivity index (χ1v) is 10.5. The molecular formula is C22H30N4O. The van der Waals surface area contributed by atoms with Gasteiger partial charge >= 0.3 is 0 Å². The Morgan fingerprint density at radius 2 is 1.85 bits per heavy atom. The Kier molecular flexibility index (Phi) is 4.52. The predicted octanol–water partition coefficient (Wildman–Crippen LogP) is 3.74. The van der Waals surface area contributed by atoms with Crippen molar-refractivity contribution >= 4 is 16.7 Å². The van der Waals surface area contributed by atoms with Gasteiger partial charge in [-0.15, -0.1) is 0 Å². The van der Waals surface area contributed by atoms with Gasteiger partial charge in [-0.2, -0.15) is 0 Å². The molecule has 144 valence electrons. The van der Waals surface area contributed by atoms with E-state index in [-0.39, 0.29) is 0 Å². The van der Waals surface area contributed by atoms with Crippen LogP contribution in [0.25, 0.3) is 10.9 Å². The fourth-order valence-corrected chi connectivity index (χ4v) is 4.74. The van der Waals surface area contributed by atoms with Crippen LogP contribution in [0, 0.1) is 0 Å². The highest BCUT2D eigenvalue weighted by Crippen LogP contribution is 2.48. The molecular weight excluding hydrogens is 336 g/mol. The maximum absolute atomic E-state index is 5.50. The van der Waals surface area contributed by atoms with Crippen molar-refractivity contribution in [3.8, 4) is 0 Å². The summed E-state index contributed by atoms with van der Waals surface area (Å²) in [5, 5.41) is 4.93. The number of hydrogen-bond acceptors (Lipinski definition) is 5. The third-order valence-electron chi connectivity index (χ3n) is 6.93. The number of morpholine rings is 1. The first-order valence-electron chi connectivity index (χ1n) is 10.5. The van der Waals surface area contributed by atoms with E-state index in [1.54, 1.807) is 6.33 Å². The molecule has 2 aliphatic carbocycles. The topological polar surface area (TPSA) is 50.3 Å². The van der Waals surface area contributed by atoms with Gasteiger partial charge in [-0.05, 0) is 61.6 Å². The molecule has 5 nitrogen and oxygen atoms in total. The Balaban J connectivity index is 1.29. The quantitative estimate of drug-likeness (QED) is 0.893. The number of anilines is 1. The highest BCUT2D eigenvalue weighted by Gasteiger charge is 2.39. The second-order valence-corrected chi connectivity index (χ2v) is 8.81. The lowest BCUT2D eigenvalue weighted by molar-refractivity contribution is 0.00791. The van der Waals surface area contributed by atoms with Crippen molar-refractivity contribution in [2.75, 3.05) is 31.6 Å². The summed E-state index contributed by atoms with van der Waals surface area (Å²) in [5.74, 6) is 1.01. The summed E-state index contributed by atoms with van der Waals surface area (Å²) < 4.78 is 5.50. The van der Waals surface area contributed by atoms with Gasteiger partial charge in [0.15, 0.2) is 0 Å². The summed E-state index contributed by atoms with van der Waals surface area (Å²) >= 11 is 0. The molecule has 3 fully saturated rings. The van der Waals surface area contributed by atoms with Crippen LogP contribution in [0.5, 0.6) is 0 Å². The molecule has 2 heterocycles. The van der Waals surface area contributed by atoms with Crippen LogP contribution in [0.15, 0.2) is 24.5 Å². The van der Waals surface area contributed by atoms with E-state index in [4.69, 9.17) is 4.74 Å². The summed E-state index contributed by atoms with van der Waals surface area (Å²) in [6.45, 7) is 6.35. The van der Waals surface area contributed by atoms with E-state index in [9.17, 15) is 0 Å². The summed E-state index contributed by atoms with van der Waals surface area (Å²) in [6.07, 6.45) is 9.24. The van der Waals surface area contributed by atoms with E-state index in [2.05, 4.69) is 45.3 Å². The van der Waals surface area contributed by atoms with Gasteiger partial charge in [0.25, 0.3) is 0 Å². The van der Waals surface area contributed by atoms with E-state index in [1.807, 2.05) is 0 Å². The van der Waals surface area contributed by atoms with Crippen molar-refractivity contribution in [3.05, 3.63) is 30.1 Å². The van der Waals surface area contributed by atoms with Crippen molar-refractivity contribution in [2.45, 2.75) is 62.9 Å². The highest BCUT2D eigenvalue weighted by molar-refractivity contribution is 5.89. The van der Waals surface area contributed by atoms with Crippen LogP contribution in [0.2, 0.25) is 0 Å². The van der Waals surface area contributed by atoms with Gasteiger partial charge < -0.3 is 10.1 Å². The summed E-state index contributed by atoms with van der Waals surface area (Å²) in [7, 11) is 0. The fourth-order valence-electron chi connectivity index (χ4n) is 4.74. The van der Waals surface area contributed by atoms with Crippen LogP contribution in [0.4, 0.5) is 5.82 Å². The minimum absolute atomic E-state index is 0.373. The Morgan fingerprint density at radius 1 is 1.07 bits per heavy atom. The molecule has 27 heavy (non-hydrogen) atoms. The molecule has 0 amide bonds. The minimum atomic E-state index is 0.373. The number of nitrogens with one attached hydrogen (secondary N) is 1. The molecule has 0 spiro atoms. The van der Waals surface area contributed by atoms with Gasteiger partial charge in [-0.25, -0.2) is 9.97 Å². The first-order chi connectivity index (χ1) is 13.2. The Labute approximate surface area is 161 Å². The van der Waals surface area contributed by atoms with Gasteiger partial charge in [-0.1, -0.05) is 13.0 Å². The van der Waals surface area contributed by atoms with Crippen molar-refractivity contribution in [1.82, 2.24) is 14.9 Å². The largest absolute Gasteiger partial charge is 0.379 e. The van der Waals surface area contributed by atoms with Crippen LogP contribution in [-0.2, 0) is 10.2 Å². The monoisotopic (exact) mass is 366 g/mol. The maximum atomic E-state index is 5.50. The molecule has 2 saturated carbocycles. The van der Waals surface area contributed by atoms with Crippen LogP contribution in [0.1, 0.15) is 51.0 Å². The molecule has 0 unspecified atom stereocenters. The van der Waals surface area contributed by atoms with E-state index >= 15 is 0 Å². The number of ether oxygens (including phenoxy) is 1. The molecule has 5 heteroatoms. The number of nitrogens with zero attached hydrogens (tertiary/aromatic N) is 3. The standard InChI is InChI=1S/C22H30N4O/c1-22(8-9-22)16-2-7-20-19(14-16)21(24-15-23-20)25-17-3-5-18(6-4-17)26-10-12-27-13-11-26/h2,7,14-15,17-18H,3-6,8-13H2,1H3,(H,23,24,25). The van der Waals surface area contributed by atoms with E-state index < -0.39 is 0 Å². The minimum Gasteiger partial charge on any atom is -0.379 e. The molecule has 2 aromatic rings. The van der Waals surface area contributed by atoms with Crippen molar-refractivity contribution in [2.24, 2.45) is 0 Å². The molecule has 1 aromatic carbocycles. The number of rotatable bonds is 4. The Morgan fingerprint density at radius 3 is 2.59 bits per heavy atom. The maximum Gasteiger partial charge on any atom is 0.137 e. The average Bonchev–Trinajstić information content (AvgIpc) is 3.48. The van der Waals surface area contributed by atoms with Crippen molar-refractivity contribution < 1.29 is 4.74 Å². The van der Waals surface area contributed by atoms with Crippen molar-refractivity contribution in [1.29, 1.82) is 0 Å². The third kappa shape index (κ3) is 3.55. The Hall–Kier alpha value is -1.72. The summed E-state index contributed by atoms with van der Waals surface area (Å²) in [5.41, 5.74) is 2.85. The lowest BCUT2D eigenvalue weighted by atomic mass is 9.89. The average molecular weight is 367 g/mol. The summed E-state index contributed by atoms with van der Waals surface area (Å²) in [6, 6.07) is 7.98. The summed E-state index contributed by atoms with van der Waals surface area (Å²) in [4.78, 5) is 11.7. The van der Waals surface area contributed by atoms with Crippen LogP contribution < -0.4 is 5.32 Å². The first kappa shape index (κ1) is 17.4. The molecule has 0 atom stereocenters. The van der Waals surface area contributed by atoms with Gasteiger partial charge in [0.1, 0.15) is 12.1 Å². The predicted molar refractivity (Wildman–Crippen MR) is 108 cm³/mol. The van der Waals surface area contributed by atoms with Gasteiger partial charge in [0, 0.05) is 30.6 Å². The van der Waals surface area contributed by atoms with E-state index in [0.29, 0.717) is 11.5 Å². The molecule has 1 saturated heterocycles. The zero-order valence-corrected chi connectivity index (χ0v) is 16.3. The SMILES string of the molecule is CC1(c2ccc3ncnc(NC4CCC(N5CCOCC5)CC4)c3c2)CC1. The fraction of sp³-hybridized carbons (Fsp3) is 0.636. The zero-order chi connectivity index (χ0) is 18.3. The zero-order valence-electron chi connectivity index (χ0n) is 16.3. The Bertz CT molecular complexity index is 805. The number of benzene rings is 1. The molecule has 5 rings (SSSR count). The lowest BCUT2D eigenvalue weighted by Gasteiger charge is -2.39. The molecule has 1 N–H and O–H groups in total. The van der Waals surface area contributed by atoms with Gasteiger partial charge in [0.05, 0.1) is 18.7 Å². The van der Waals surface area contributed by atoms with Gasteiger partial charge in [-0.3, -0.25) is 4.90 Å². The third-order valence-corrected chi connectivity index (χ3v) is 6.93. The molecule has 1 aromatic heterocycles. The van der Waals surface area contributed by atoms with Gasteiger partial charge in [0.2, 0.25) is 0 Å². The van der Waals surface area contributed by atoms with Crippen LogP contribution in [0.3, 0.4) is 0 Å². The normalized spacial score (nSPS) is 28.2. The smallest absolute Gasteiger partial charge is 0.137 e. The van der Waals surface area contributed by atoms with Crippen molar-refractivity contribution in [3.63, 3.8) is 0 Å². The van der Waals surface area contributed by atoms with E-state index in [0.717, 1.165) is 43.7 Å². The second kappa shape index (κ2) is 7.02. The molecule has 0 radical (unpaired) electrons. The highest BCUT2D eigenvalue weighted by atomic mass is 16.5. The van der Waals surface area contributed by atoms with Crippen LogP contribution >= 0.6 is 0 Å². The molecule has 1 aliphatic heterocycles. The number of fused-ring (bicyclic) bond motifs is 1. The lowest BCUT2D eigenvalue weighted by Crippen LogP contribution is -2.46. The van der Waals surface area contributed by atoms with Crippen LogP contribution in [-0.4, -0.2) is 53.3 Å². The number of aromatic nitrogens is 2.